The molecule has 0 aliphatic carbocycles. The summed E-state index contributed by atoms with van der Waals surface area (Å²) in [5.41, 5.74) is 6.80. The van der Waals surface area contributed by atoms with Gasteiger partial charge in [-0.3, -0.25) is 5.41 Å². The summed E-state index contributed by atoms with van der Waals surface area (Å²) in [6.07, 6.45) is 0. The van der Waals surface area contributed by atoms with Gasteiger partial charge in [-0.05, 0) is 38.1 Å². The fourth-order valence-corrected chi connectivity index (χ4v) is 1.72. The summed E-state index contributed by atoms with van der Waals surface area (Å²) in [6.45, 7) is 4.36. The number of pyridine rings is 1. The molecular formula is C15H17N3O2. The molecular weight excluding hydrogens is 254 g/mol. The van der Waals surface area contributed by atoms with Crippen molar-refractivity contribution in [3.05, 3.63) is 47.7 Å². The van der Waals surface area contributed by atoms with Crippen LogP contribution in [-0.4, -0.2) is 17.4 Å². The maximum atomic E-state index is 7.55. The number of hydrogen-bond acceptors (Lipinski definition) is 4. The lowest BCUT2D eigenvalue weighted by atomic mass is 10.2. The molecule has 2 rings (SSSR count). The molecule has 3 N–H and O–H groups in total. The van der Waals surface area contributed by atoms with Crippen molar-refractivity contribution in [2.75, 3.05) is 6.61 Å². The first-order valence-corrected chi connectivity index (χ1v) is 6.33. The summed E-state index contributed by atoms with van der Waals surface area (Å²) in [7, 11) is 0. The lowest BCUT2D eigenvalue weighted by Gasteiger charge is -2.11. The Bertz CT molecular complexity index is 626. The van der Waals surface area contributed by atoms with Crippen molar-refractivity contribution in [1.82, 2.24) is 4.98 Å². The van der Waals surface area contributed by atoms with E-state index in [0.717, 1.165) is 11.4 Å². The first-order chi connectivity index (χ1) is 9.60. The standard InChI is InChI=1S/C15H17N3O2/c1-3-19-11-5-4-6-12(9-11)20-15-13(14(16)17)8-7-10(2)18-15/h4-9H,3H2,1-2H3,(H3,16,17). The van der Waals surface area contributed by atoms with Crippen LogP contribution in [0.1, 0.15) is 18.2 Å². The van der Waals surface area contributed by atoms with Gasteiger partial charge in [0.1, 0.15) is 17.3 Å². The number of rotatable bonds is 5. The minimum Gasteiger partial charge on any atom is -0.494 e. The topological polar surface area (TPSA) is 81.2 Å². The highest BCUT2D eigenvalue weighted by atomic mass is 16.5. The minimum atomic E-state index is -0.0755. The Morgan fingerprint density at radius 2 is 2.00 bits per heavy atom. The van der Waals surface area contributed by atoms with Crippen molar-refractivity contribution in [3.63, 3.8) is 0 Å². The fourth-order valence-electron chi connectivity index (χ4n) is 1.72. The molecule has 1 aromatic carbocycles. The summed E-state index contributed by atoms with van der Waals surface area (Å²) in [4.78, 5) is 4.28. The molecule has 0 spiro atoms. The zero-order valence-electron chi connectivity index (χ0n) is 11.5. The second-order valence-electron chi connectivity index (χ2n) is 4.23. The van der Waals surface area contributed by atoms with Crippen molar-refractivity contribution in [2.45, 2.75) is 13.8 Å². The normalized spacial score (nSPS) is 10.1. The highest BCUT2D eigenvalue weighted by molar-refractivity contribution is 5.97. The highest BCUT2D eigenvalue weighted by Crippen LogP contribution is 2.26. The molecule has 20 heavy (non-hydrogen) atoms. The predicted molar refractivity (Wildman–Crippen MR) is 77.7 cm³/mol. The summed E-state index contributed by atoms with van der Waals surface area (Å²) in [5, 5.41) is 7.55. The van der Waals surface area contributed by atoms with Crippen molar-refractivity contribution in [3.8, 4) is 17.4 Å². The van der Waals surface area contributed by atoms with E-state index in [1.165, 1.54) is 0 Å². The number of aryl methyl sites for hydroxylation is 1. The van der Waals surface area contributed by atoms with Crippen LogP contribution in [0, 0.1) is 12.3 Å². The molecule has 104 valence electrons. The van der Waals surface area contributed by atoms with Crippen LogP contribution < -0.4 is 15.2 Å². The molecule has 5 nitrogen and oxygen atoms in total. The molecule has 0 saturated heterocycles. The molecule has 1 heterocycles. The zero-order valence-corrected chi connectivity index (χ0v) is 11.5. The van der Waals surface area contributed by atoms with Crippen LogP contribution in [0.5, 0.6) is 17.4 Å². The Hall–Kier alpha value is -2.56. The van der Waals surface area contributed by atoms with Gasteiger partial charge in [0.2, 0.25) is 5.88 Å². The van der Waals surface area contributed by atoms with E-state index in [4.69, 9.17) is 20.6 Å². The number of nitrogens with two attached hydrogens (primary N) is 1. The number of nitrogens with one attached hydrogen (secondary N) is 1. The van der Waals surface area contributed by atoms with Gasteiger partial charge in [-0.1, -0.05) is 6.07 Å². The van der Waals surface area contributed by atoms with Crippen LogP contribution in [0.4, 0.5) is 0 Å². The van der Waals surface area contributed by atoms with Gasteiger partial charge < -0.3 is 15.2 Å². The third-order valence-corrected chi connectivity index (χ3v) is 2.62. The van der Waals surface area contributed by atoms with Gasteiger partial charge >= 0.3 is 0 Å². The quantitative estimate of drug-likeness (QED) is 0.647. The van der Waals surface area contributed by atoms with Gasteiger partial charge in [-0.2, -0.15) is 0 Å². The second-order valence-corrected chi connectivity index (χ2v) is 4.23. The van der Waals surface area contributed by atoms with E-state index in [9.17, 15) is 0 Å². The summed E-state index contributed by atoms with van der Waals surface area (Å²) in [6, 6.07) is 10.8. The predicted octanol–water partition coefficient (Wildman–Crippen LogP) is 2.87. The number of hydrogen-bond donors (Lipinski definition) is 2. The van der Waals surface area contributed by atoms with Crippen LogP contribution in [0.15, 0.2) is 36.4 Å². The van der Waals surface area contributed by atoms with Gasteiger partial charge in [0.05, 0.1) is 12.2 Å². The lowest BCUT2D eigenvalue weighted by Crippen LogP contribution is -2.13. The Morgan fingerprint density at radius 3 is 2.70 bits per heavy atom. The smallest absolute Gasteiger partial charge is 0.230 e. The molecule has 0 radical (unpaired) electrons. The number of aromatic nitrogens is 1. The average molecular weight is 271 g/mol. The molecule has 1 aromatic heterocycles. The molecule has 2 aromatic rings. The average Bonchev–Trinajstić information content (AvgIpc) is 2.39. The fraction of sp³-hybridized carbons (Fsp3) is 0.200. The van der Waals surface area contributed by atoms with Gasteiger partial charge in [0, 0.05) is 11.8 Å². The van der Waals surface area contributed by atoms with E-state index in [2.05, 4.69) is 4.98 Å². The second kappa shape index (κ2) is 6.06. The van der Waals surface area contributed by atoms with Crippen molar-refractivity contribution < 1.29 is 9.47 Å². The molecule has 5 heteroatoms. The maximum Gasteiger partial charge on any atom is 0.230 e. The number of amidine groups is 1. The largest absolute Gasteiger partial charge is 0.494 e. The van der Waals surface area contributed by atoms with Crippen LogP contribution in [0.25, 0.3) is 0 Å². The minimum absolute atomic E-state index is 0.0755. The molecule has 0 aliphatic heterocycles. The Morgan fingerprint density at radius 1 is 1.25 bits per heavy atom. The van der Waals surface area contributed by atoms with Crippen LogP contribution in [0.3, 0.4) is 0 Å². The van der Waals surface area contributed by atoms with E-state index in [1.54, 1.807) is 24.3 Å². The van der Waals surface area contributed by atoms with E-state index in [-0.39, 0.29) is 5.84 Å². The van der Waals surface area contributed by atoms with E-state index >= 15 is 0 Å². The van der Waals surface area contributed by atoms with E-state index in [1.807, 2.05) is 26.0 Å². The van der Waals surface area contributed by atoms with Gasteiger partial charge in [-0.15, -0.1) is 0 Å². The number of nitrogen functional groups attached to an aromatic ring is 1. The first kappa shape index (κ1) is 13.9. The highest BCUT2D eigenvalue weighted by Gasteiger charge is 2.10. The lowest BCUT2D eigenvalue weighted by molar-refractivity contribution is 0.338. The molecule has 0 fully saturated rings. The number of nitrogens with zero attached hydrogens (tertiary/aromatic N) is 1. The SMILES string of the molecule is CCOc1cccc(Oc2nc(C)ccc2C(=N)N)c1. The van der Waals surface area contributed by atoms with Crippen LogP contribution >= 0.6 is 0 Å². The van der Waals surface area contributed by atoms with Gasteiger partial charge in [0.25, 0.3) is 0 Å². The van der Waals surface area contributed by atoms with E-state index in [0.29, 0.717) is 23.8 Å². The third kappa shape index (κ3) is 3.26. The van der Waals surface area contributed by atoms with Gasteiger partial charge in [0.15, 0.2) is 0 Å². The molecule has 0 amide bonds. The van der Waals surface area contributed by atoms with E-state index < -0.39 is 0 Å². The number of benzene rings is 1. The Balaban J connectivity index is 2.31. The molecule has 0 bridgehead atoms. The summed E-state index contributed by atoms with van der Waals surface area (Å²) < 4.78 is 11.1. The van der Waals surface area contributed by atoms with Gasteiger partial charge in [-0.25, -0.2) is 4.98 Å². The first-order valence-electron chi connectivity index (χ1n) is 6.33. The Labute approximate surface area is 117 Å². The van der Waals surface area contributed by atoms with Crippen molar-refractivity contribution in [2.24, 2.45) is 5.73 Å². The molecule has 0 aliphatic rings. The summed E-state index contributed by atoms with van der Waals surface area (Å²) in [5.74, 6) is 1.57. The summed E-state index contributed by atoms with van der Waals surface area (Å²) >= 11 is 0. The van der Waals surface area contributed by atoms with Crippen molar-refractivity contribution >= 4 is 5.84 Å². The maximum absolute atomic E-state index is 7.55. The van der Waals surface area contributed by atoms with Crippen LogP contribution in [0.2, 0.25) is 0 Å². The zero-order chi connectivity index (χ0) is 14.5. The monoisotopic (exact) mass is 271 g/mol. The Kier molecular flexibility index (Phi) is 4.20. The van der Waals surface area contributed by atoms with Crippen LogP contribution in [-0.2, 0) is 0 Å². The van der Waals surface area contributed by atoms with Crippen molar-refractivity contribution in [1.29, 1.82) is 5.41 Å². The molecule has 0 saturated carbocycles. The third-order valence-electron chi connectivity index (χ3n) is 2.62. The molecule has 0 atom stereocenters. The number of ether oxygens (including phenoxy) is 2. The molecule has 0 unspecified atom stereocenters.